The van der Waals surface area contributed by atoms with E-state index in [0.717, 1.165) is 44.3 Å². The molecule has 1 aliphatic rings. The van der Waals surface area contributed by atoms with Crippen molar-refractivity contribution in [1.29, 1.82) is 0 Å². The van der Waals surface area contributed by atoms with Gasteiger partial charge in [0.2, 0.25) is 11.8 Å². The third-order valence-corrected chi connectivity index (χ3v) is 6.82. The van der Waals surface area contributed by atoms with Crippen LogP contribution in [0.25, 0.3) is 0 Å². The summed E-state index contributed by atoms with van der Waals surface area (Å²) >= 11 is 0. The number of amides is 3. The highest BCUT2D eigenvalue weighted by Crippen LogP contribution is 2.10. The Balaban J connectivity index is 1.64. The van der Waals surface area contributed by atoms with Crippen LogP contribution in [0.15, 0.2) is 60.7 Å². The fourth-order valence-electron chi connectivity index (χ4n) is 4.56. The molecule has 1 saturated heterocycles. The summed E-state index contributed by atoms with van der Waals surface area (Å²) in [6.45, 7) is 5.78. The number of unbranched alkanes of at least 4 members (excludes halogenated alkanes) is 1. The Kier molecular flexibility index (Phi) is 11.5. The average molecular weight is 521 g/mol. The zero-order valence-electron chi connectivity index (χ0n) is 22.4. The number of carbonyl (C=O) groups excluding carboxylic acids is 4. The van der Waals surface area contributed by atoms with Crippen molar-refractivity contribution in [3.8, 4) is 0 Å². The Bertz CT molecular complexity index is 1050. The van der Waals surface area contributed by atoms with Gasteiger partial charge < -0.3 is 16.0 Å². The van der Waals surface area contributed by atoms with Crippen molar-refractivity contribution in [3.63, 3.8) is 0 Å². The quantitative estimate of drug-likeness (QED) is 0.355. The van der Waals surface area contributed by atoms with Crippen LogP contribution in [0.2, 0.25) is 0 Å². The van der Waals surface area contributed by atoms with Gasteiger partial charge in [-0.15, -0.1) is 0 Å². The molecular weight excluding hydrogens is 480 g/mol. The second-order valence-corrected chi connectivity index (χ2v) is 9.97. The molecule has 3 N–H and O–H groups in total. The highest BCUT2D eigenvalue weighted by Gasteiger charge is 2.28. The standard InChI is InChI=1S/C30H40N4O4/c1-3-4-17-25(27(35)21-34-18-11-12-19-34)32-28(36)22(2)31-30(38)26(20-23-13-7-5-8-14-23)33-29(37)24-15-9-6-10-16-24/h5-10,13-16,22,25-26H,3-4,11-12,17-21H2,1-2H3,(H,31,38)(H,32,36)(H,33,37)/t22-,25-,26-/m0/s1. The minimum Gasteiger partial charge on any atom is -0.344 e. The molecular formula is C30H40N4O4. The zero-order valence-corrected chi connectivity index (χ0v) is 22.4. The number of hydrogen-bond donors (Lipinski definition) is 3. The SMILES string of the molecule is CCCC[C@H](NC(=O)[C@H](C)NC(=O)[C@H](Cc1ccccc1)NC(=O)c1ccccc1)C(=O)CN1CCCC1. The van der Waals surface area contributed by atoms with Gasteiger partial charge in [-0.05, 0) is 57.0 Å². The van der Waals surface area contributed by atoms with Gasteiger partial charge in [-0.3, -0.25) is 24.1 Å². The lowest BCUT2D eigenvalue weighted by molar-refractivity contribution is -0.132. The summed E-state index contributed by atoms with van der Waals surface area (Å²) in [4.78, 5) is 54.2. The van der Waals surface area contributed by atoms with Crippen LogP contribution in [-0.2, 0) is 20.8 Å². The van der Waals surface area contributed by atoms with Crippen LogP contribution in [0.5, 0.6) is 0 Å². The number of ketones is 1. The average Bonchev–Trinajstić information content (AvgIpc) is 3.44. The molecule has 3 rings (SSSR count). The summed E-state index contributed by atoms with van der Waals surface area (Å²) in [5.41, 5.74) is 1.32. The highest BCUT2D eigenvalue weighted by molar-refractivity contribution is 5.99. The number of Topliss-reactive ketones (excluding diaryl/α,β-unsaturated/α-hetero) is 1. The number of benzene rings is 2. The van der Waals surface area contributed by atoms with Gasteiger partial charge in [0.05, 0.1) is 12.6 Å². The molecule has 0 saturated carbocycles. The number of likely N-dealkylation sites (tertiary alicyclic amines) is 1. The summed E-state index contributed by atoms with van der Waals surface area (Å²) in [5.74, 6) is -1.24. The van der Waals surface area contributed by atoms with Crippen LogP contribution in [0, 0.1) is 0 Å². The van der Waals surface area contributed by atoms with Crippen molar-refractivity contribution in [3.05, 3.63) is 71.8 Å². The molecule has 8 heteroatoms. The van der Waals surface area contributed by atoms with E-state index in [0.29, 0.717) is 18.5 Å². The predicted octanol–water partition coefficient (Wildman–Crippen LogP) is 2.87. The molecule has 3 amide bonds. The highest BCUT2D eigenvalue weighted by atomic mass is 16.2. The minimum atomic E-state index is -0.881. The Hall–Kier alpha value is -3.52. The van der Waals surface area contributed by atoms with E-state index in [1.807, 2.05) is 43.3 Å². The molecule has 2 aromatic rings. The summed E-state index contributed by atoms with van der Waals surface area (Å²) in [6.07, 6.45) is 4.76. The molecule has 1 heterocycles. The van der Waals surface area contributed by atoms with Gasteiger partial charge in [-0.2, -0.15) is 0 Å². The van der Waals surface area contributed by atoms with E-state index in [1.165, 1.54) is 0 Å². The summed E-state index contributed by atoms with van der Waals surface area (Å²) < 4.78 is 0. The fraction of sp³-hybridized carbons (Fsp3) is 0.467. The smallest absolute Gasteiger partial charge is 0.251 e. The second-order valence-electron chi connectivity index (χ2n) is 9.97. The van der Waals surface area contributed by atoms with Gasteiger partial charge >= 0.3 is 0 Å². The van der Waals surface area contributed by atoms with Crippen molar-refractivity contribution in [2.45, 2.75) is 70.5 Å². The molecule has 0 spiro atoms. The first-order chi connectivity index (χ1) is 18.4. The molecule has 0 aliphatic carbocycles. The molecule has 204 valence electrons. The van der Waals surface area contributed by atoms with E-state index in [4.69, 9.17) is 0 Å². The molecule has 0 unspecified atom stereocenters. The zero-order chi connectivity index (χ0) is 27.3. The fourth-order valence-corrected chi connectivity index (χ4v) is 4.56. The van der Waals surface area contributed by atoms with Gasteiger partial charge in [-0.1, -0.05) is 68.3 Å². The minimum absolute atomic E-state index is 0.00399. The predicted molar refractivity (Wildman–Crippen MR) is 148 cm³/mol. The van der Waals surface area contributed by atoms with E-state index in [9.17, 15) is 19.2 Å². The van der Waals surface area contributed by atoms with Crippen molar-refractivity contribution in [2.75, 3.05) is 19.6 Å². The van der Waals surface area contributed by atoms with Crippen molar-refractivity contribution < 1.29 is 19.2 Å². The molecule has 0 bridgehead atoms. The van der Waals surface area contributed by atoms with Crippen LogP contribution < -0.4 is 16.0 Å². The maximum atomic E-state index is 13.3. The summed E-state index contributed by atoms with van der Waals surface area (Å²) in [5, 5.41) is 8.42. The first-order valence-electron chi connectivity index (χ1n) is 13.6. The van der Waals surface area contributed by atoms with Gasteiger partial charge in [0.1, 0.15) is 12.1 Å². The van der Waals surface area contributed by atoms with Gasteiger partial charge in [0.25, 0.3) is 5.91 Å². The van der Waals surface area contributed by atoms with Crippen LogP contribution in [0.4, 0.5) is 0 Å². The third-order valence-electron chi connectivity index (χ3n) is 6.82. The van der Waals surface area contributed by atoms with E-state index in [2.05, 4.69) is 20.9 Å². The van der Waals surface area contributed by atoms with E-state index in [1.54, 1.807) is 31.2 Å². The van der Waals surface area contributed by atoms with Crippen molar-refractivity contribution in [2.24, 2.45) is 0 Å². The number of nitrogens with zero attached hydrogens (tertiary/aromatic N) is 1. The lowest BCUT2D eigenvalue weighted by Crippen LogP contribution is -2.55. The molecule has 1 fully saturated rings. The lowest BCUT2D eigenvalue weighted by Gasteiger charge is -2.24. The summed E-state index contributed by atoms with van der Waals surface area (Å²) in [7, 11) is 0. The normalized spacial score (nSPS) is 15.7. The van der Waals surface area contributed by atoms with E-state index >= 15 is 0 Å². The Morgan fingerprint density at radius 3 is 2.08 bits per heavy atom. The maximum absolute atomic E-state index is 13.3. The summed E-state index contributed by atoms with van der Waals surface area (Å²) in [6, 6.07) is 15.7. The Morgan fingerprint density at radius 1 is 0.816 bits per heavy atom. The topological polar surface area (TPSA) is 108 Å². The lowest BCUT2D eigenvalue weighted by atomic mass is 10.0. The number of rotatable bonds is 14. The molecule has 1 aliphatic heterocycles. The van der Waals surface area contributed by atoms with Crippen LogP contribution in [0.3, 0.4) is 0 Å². The molecule has 0 aromatic heterocycles. The third kappa shape index (κ3) is 9.10. The number of hydrogen-bond acceptors (Lipinski definition) is 5. The van der Waals surface area contributed by atoms with Crippen molar-refractivity contribution >= 4 is 23.5 Å². The van der Waals surface area contributed by atoms with Crippen LogP contribution >= 0.6 is 0 Å². The molecule has 3 atom stereocenters. The first-order valence-corrected chi connectivity index (χ1v) is 13.6. The Labute approximate surface area is 225 Å². The monoisotopic (exact) mass is 520 g/mol. The van der Waals surface area contributed by atoms with Gasteiger partial charge in [-0.25, -0.2) is 0 Å². The van der Waals surface area contributed by atoms with Crippen molar-refractivity contribution in [1.82, 2.24) is 20.9 Å². The molecule has 0 radical (unpaired) electrons. The van der Waals surface area contributed by atoms with Crippen LogP contribution in [-0.4, -0.2) is 66.2 Å². The number of nitrogens with one attached hydrogen (secondary N) is 3. The maximum Gasteiger partial charge on any atom is 0.251 e. The second kappa shape index (κ2) is 15.0. The van der Waals surface area contributed by atoms with E-state index < -0.39 is 29.9 Å². The number of carbonyl (C=O) groups is 4. The first kappa shape index (κ1) is 29.0. The van der Waals surface area contributed by atoms with E-state index in [-0.39, 0.29) is 18.1 Å². The Morgan fingerprint density at radius 2 is 1.45 bits per heavy atom. The molecule has 38 heavy (non-hydrogen) atoms. The van der Waals surface area contributed by atoms with Gasteiger partial charge in [0, 0.05) is 12.0 Å². The molecule has 8 nitrogen and oxygen atoms in total. The van der Waals surface area contributed by atoms with Crippen LogP contribution in [0.1, 0.15) is 61.9 Å². The molecule has 2 aromatic carbocycles. The largest absolute Gasteiger partial charge is 0.344 e. The van der Waals surface area contributed by atoms with Gasteiger partial charge in [0.15, 0.2) is 5.78 Å².